The molecule has 0 aliphatic rings. The smallest absolute Gasteiger partial charge is 0.260 e. The van der Waals surface area contributed by atoms with Crippen molar-refractivity contribution < 1.29 is 9.18 Å². The largest absolute Gasteiger partial charge is 0.320 e. The van der Waals surface area contributed by atoms with Crippen LogP contribution in [0.2, 0.25) is 5.02 Å². The van der Waals surface area contributed by atoms with Crippen molar-refractivity contribution >= 4 is 28.8 Å². The summed E-state index contributed by atoms with van der Waals surface area (Å²) in [7, 11) is 0. The third-order valence-electron chi connectivity index (χ3n) is 3.26. The van der Waals surface area contributed by atoms with Crippen molar-refractivity contribution in [2.24, 2.45) is 0 Å². The van der Waals surface area contributed by atoms with Gasteiger partial charge in [-0.2, -0.15) is 0 Å². The van der Waals surface area contributed by atoms with Gasteiger partial charge in [0.25, 0.3) is 5.91 Å². The van der Waals surface area contributed by atoms with E-state index in [1.54, 1.807) is 24.5 Å². The van der Waals surface area contributed by atoms with Crippen molar-refractivity contribution in [1.82, 2.24) is 9.38 Å². The highest BCUT2D eigenvalue weighted by Crippen LogP contribution is 2.22. The van der Waals surface area contributed by atoms with Gasteiger partial charge in [0.1, 0.15) is 11.5 Å². The summed E-state index contributed by atoms with van der Waals surface area (Å²) in [5.74, 6) is -1.23. The summed E-state index contributed by atoms with van der Waals surface area (Å²) in [5, 5.41) is 2.76. The van der Waals surface area contributed by atoms with Crippen LogP contribution in [-0.4, -0.2) is 15.3 Å². The fourth-order valence-electron chi connectivity index (χ4n) is 2.16. The third kappa shape index (κ3) is 2.36. The number of amides is 1. The molecule has 0 atom stereocenters. The first-order valence-corrected chi connectivity index (χ1v) is 6.64. The molecule has 0 radical (unpaired) electrons. The number of nitrogens with zero attached hydrogens (tertiary/aromatic N) is 2. The number of nitrogens with one attached hydrogen (secondary N) is 1. The molecule has 1 aromatic carbocycles. The van der Waals surface area contributed by atoms with Crippen molar-refractivity contribution in [2.75, 3.05) is 5.32 Å². The van der Waals surface area contributed by atoms with Crippen LogP contribution in [0.4, 0.5) is 10.1 Å². The minimum Gasteiger partial charge on any atom is -0.320 e. The summed E-state index contributed by atoms with van der Waals surface area (Å²) in [4.78, 5) is 16.4. The van der Waals surface area contributed by atoms with Gasteiger partial charge in [-0.1, -0.05) is 17.7 Å². The first-order chi connectivity index (χ1) is 10.1. The van der Waals surface area contributed by atoms with E-state index in [1.165, 1.54) is 18.2 Å². The number of aromatic nitrogens is 2. The number of aryl methyl sites for hydroxylation is 1. The van der Waals surface area contributed by atoms with E-state index in [0.29, 0.717) is 5.69 Å². The Bertz CT molecular complexity index is 824. The Labute approximate surface area is 125 Å². The Hall–Kier alpha value is -2.40. The number of hydrogen-bond acceptors (Lipinski definition) is 2. The second kappa shape index (κ2) is 5.18. The number of hydrogen-bond donors (Lipinski definition) is 1. The van der Waals surface area contributed by atoms with Crippen molar-refractivity contribution in [3.05, 3.63) is 64.8 Å². The summed E-state index contributed by atoms with van der Waals surface area (Å²) in [6, 6.07) is 7.63. The molecule has 0 spiro atoms. The molecule has 2 aromatic heterocycles. The monoisotopic (exact) mass is 303 g/mol. The van der Waals surface area contributed by atoms with Gasteiger partial charge >= 0.3 is 0 Å². The van der Waals surface area contributed by atoms with E-state index in [2.05, 4.69) is 10.3 Å². The quantitative estimate of drug-likeness (QED) is 0.785. The molecule has 0 bridgehead atoms. The number of rotatable bonds is 2. The van der Waals surface area contributed by atoms with Gasteiger partial charge in [0, 0.05) is 18.1 Å². The van der Waals surface area contributed by atoms with Crippen LogP contribution in [0.1, 0.15) is 16.1 Å². The Balaban J connectivity index is 1.98. The van der Waals surface area contributed by atoms with Gasteiger partial charge in [0.15, 0.2) is 0 Å². The predicted octanol–water partition coefficient (Wildman–Crippen LogP) is 3.69. The molecule has 3 rings (SSSR count). The predicted molar refractivity (Wildman–Crippen MR) is 79.3 cm³/mol. The topological polar surface area (TPSA) is 46.4 Å². The SMILES string of the molecule is Cc1c(NC(=O)c2c(F)cccc2Cl)ccc2nccn12. The normalized spacial score (nSPS) is 10.8. The average Bonchev–Trinajstić information content (AvgIpc) is 2.91. The summed E-state index contributed by atoms with van der Waals surface area (Å²) in [6.07, 6.45) is 3.46. The van der Waals surface area contributed by atoms with Crippen LogP contribution in [0.3, 0.4) is 0 Å². The van der Waals surface area contributed by atoms with E-state index in [4.69, 9.17) is 11.6 Å². The maximum atomic E-state index is 13.7. The second-order valence-electron chi connectivity index (χ2n) is 4.54. The van der Waals surface area contributed by atoms with Crippen LogP contribution >= 0.6 is 11.6 Å². The van der Waals surface area contributed by atoms with Crippen LogP contribution in [-0.2, 0) is 0 Å². The number of carbonyl (C=O) groups is 1. The molecule has 0 saturated heterocycles. The van der Waals surface area contributed by atoms with Crippen molar-refractivity contribution in [2.45, 2.75) is 6.92 Å². The Morgan fingerprint density at radius 3 is 2.90 bits per heavy atom. The van der Waals surface area contributed by atoms with Crippen LogP contribution in [0.5, 0.6) is 0 Å². The summed E-state index contributed by atoms with van der Waals surface area (Å²) in [5.41, 5.74) is 1.98. The highest BCUT2D eigenvalue weighted by Gasteiger charge is 2.17. The van der Waals surface area contributed by atoms with E-state index in [0.717, 1.165) is 11.3 Å². The van der Waals surface area contributed by atoms with Gasteiger partial charge in [-0.05, 0) is 31.2 Å². The number of imidazole rings is 1. The number of fused-ring (bicyclic) bond motifs is 1. The van der Waals surface area contributed by atoms with Gasteiger partial charge in [0.2, 0.25) is 0 Å². The molecule has 4 nitrogen and oxygen atoms in total. The molecule has 0 aliphatic heterocycles. The van der Waals surface area contributed by atoms with Crippen LogP contribution in [0.15, 0.2) is 42.7 Å². The maximum absolute atomic E-state index is 13.7. The molecule has 0 aliphatic carbocycles. The maximum Gasteiger partial charge on any atom is 0.260 e. The van der Waals surface area contributed by atoms with E-state index in [-0.39, 0.29) is 10.6 Å². The van der Waals surface area contributed by atoms with E-state index in [1.807, 2.05) is 11.3 Å². The summed E-state index contributed by atoms with van der Waals surface area (Å²) < 4.78 is 15.6. The molecule has 3 aromatic rings. The lowest BCUT2D eigenvalue weighted by atomic mass is 10.2. The molecular formula is C15H11ClFN3O. The lowest BCUT2D eigenvalue weighted by Gasteiger charge is -2.11. The second-order valence-corrected chi connectivity index (χ2v) is 4.95. The Morgan fingerprint density at radius 2 is 2.14 bits per heavy atom. The fraction of sp³-hybridized carbons (Fsp3) is 0.0667. The standard InChI is InChI=1S/C15H11ClFN3O/c1-9-12(5-6-13-18-7-8-20(9)13)19-15(21)14-10(16)3-2-4-11(14)17/h2-8H,1H3,(H,19,21). The molecule has 0 fully saturated rings. The number of anilines is 1. The lowest BCUT2D eigenvalue weighted by Crippen LogP contribution is -2.16. The van der Waals surface area contributed by atoms with Gasteiger partial charge in [0.05, 0.1) is 16.3 Å². The van der Waals surface area contributed by atoms with E-state index < -0.39 is 11.7 Å². The van der Waals surface area contributed by atoms with Gasteiger partial charge < -0.3 is 9.72 Å². The van der Waals surface area contributed by atoms with Gasteiger partial charge in [-0.15, -0.1) is 0 Å². The number of benzene rings is 1. The molecule has 0 unspecified atom stereocenters. The minimum atomic E-state index is -0.652. The highest BCUT2D eigenvalue weighted by molar-refractivity contribution is 6.34. The van der Waals surface area contributed by atoms with Crippen molar-refractivity contribution in [3.63, 3.8) is 0 Å². The zero-order valence-corrected chi connectivity index (χ0v) is 11.9. The van der Waals surface area contributed by atoms with Crippen LogP contribution in [0.25, 0.3) is 5.65 Å². The highest BCUT2D eigenvalue weighted by atomic mass is 35.5. The molecular weight excluding hydrogens is 293 g/mol. The molecule has 21 heavy (non-hydrogen) atoms. The van der Waals surface area contributed by atoms with Gasteiger partial charge in [-0.3, -0.25) is 4.79 Å². The Kier molecular flexibility index (Phi) is 3.35. The van der Waals surface area contributed by atoms with Crippen molar-refractivity contribution in [1.29, 1.82) is 0 Å². The van der Waals surface area contributed by atoms with Crippen molar-refractivity contribution in [3.8, 4) is 0 Å². The molecule has 106 valence electrons. The average molecular weight is 304 g/mol. The van der Waals surface area contributed by atoms with E-state index >= 15 is 0 Å². The molecule has 6 heteroatoms. The lowest BCUT2D eigenvalue weighted by molar-refractivity contribution is 0.102. The molecule has 1 amide bonds. The molecule has 1 N–H and O–H groups in total. The first-order valence-electron chi connectivity index (χ1n) is 6.26. The molecule has 0 saturated carbocycles. The third-order valence-corrected chi connectivity index (χ3v) is 3.57. The summed E-state index contributed by atoms with van der Waals surface area (Å²) in [6.45, 7) is 1.84. The first kappa shape index (κ1) is 13.6. The van der Waals surface area contributed by atoms with Crippen LogP contribution in [0, 0.1) is 12.7 Å². The number of halogens is 2. The fourth-order valence-corrected chi connectivity index (χ4v) is 2.41. The van der Waals surface area contributed by atoms with Crippen LogP contribution < -0.4 is 5.32 Å². The zero-order chi connectivity index (χ0) is 15.0. The number of carbonyl (C=O) groups excluding carboxylic acids is 1. The Morgan fingerprint density at radius 1 is 1.33 bits per heavy atom. The van der Waals surface area contributed by atoms with E-state index in [9.17, 15) is 9.18 Å². The zero-order valence-electron chi connectivity index (χ0n) is 11.1. The van der Waals surface area contributed by atoms with Gasteiger partial charge in [-0.25, -0.2) is 9.37 Å². The minimum absolute atomic E-state index is 0.0776. The molecule has 2 heterocycles. The summed E-state index contributed by atoms with van der Waals surface area (Å²) >= 11 is 5.89. The number of pyridine rings is 1.